The summed E-state index contributed by atoms with van der Waals surface area (Å²) in [6.07, 6.45) is 1.90. The zero-order valence-electron chi connectivity index (χ0n) is 12.1. The predicted octanol–water partition coefficient (Wildman–Crippen LogP) is 2.93. The van der Waals surface area contributed by atoms with Crippen LogP contribution in [-0.2, 0) is 9.59 Å². The van der Waals surface area contributed by atoms with Gasteiger partial charge in [0.1, 0.15) is 5.78 Å². The lowest BCUT2D eigenvalue weighted by Gasteiger charge is -2.18. The first-order valence-electron chi connectivity index (χ1n) is 6.32. The minimum absolute atomic E-state index is 0.0424. The van der Waals surface area contributed by atoms with E-state index < -0.39 is 0 Å². The molecule has 0 aromatic carbocycles. The van der Waals surface area contributed by atoms with Crippen molar-refractivity contribution in [3.05, 3.63) is 0 Å². The summed E-state index contributed by atoms with van der Waals surface area (Å²) in [4.78, 5) is 23.1. The van der Waals surface area contributed by atoms with Gasteiger partial charge in [-0.15, -0.1) is 0 Å². The summed E-state index contributed by atoms with van der Waals surface area (Å²) in [5.41, 5.74) is -0.291. The van der Waals surface area contributed by atoms with Crippen LogP contribution in [0.3, 0.4) is 0 Å². The molecule has 0 radical (unpaired) electrons. The van der Waals surface area contributed by atoms with Gasteiger partial charge in [0.25, 0.3) is 0 Å². The maximum Gasteiger partial charge on any atom is 0.225 e. The first-order valence-corrected chi connectivity index (χ1v) is 6.32. The molecular formula is C14H27NO2. The molecule has 0 aromatic rings. The molecule has 1 amide bonds. The normalized spacial score (nSPS) is 12.4. The molecule has 100 valence electrons. The fourth-order valence-electron chi connectivity index (χ4n) is 1.43. The number of amides is 1. The Morgan fingerprint density at radius 1 is 1.00 bits per heavy atom. The maximum atomic E-state index is 11.6. The van der Waals surface area contributed by atoms with Gasteiger partial charge in [-0.25, -0.2) is 0 Å². The highest BCUT2D eigenvalue weighted by Crippen LogP contribution is 2.19. The van der Waals surface area contributed by atoms with Crippen molar-refractivity contribution in [1.29, 1.82) is 0 Å². The van der Waals surface area contributed by atoms with Gasteiger partial charge in [0.2, 0.25) is 5.91 Å². The number of ketones is 1. The Kier molecular flexibility index (Phi) is 5.86. The van der Waals surface area contributed by atoms with E-state index in [1.165, 1.54) is 0 Å². The molecule has 1 N–H and O–H groups in total. The van der Waals surface area contributed by atoms with Gasteiger partial charge >= 0.3 is 0 Å². The molecule has 0 atom stereocenters. The van der Waals surface area contributed by atoms with Gasteiger partial charge in [0.15, 0.2) is 0 Å². The molecule has 0 saturated heterocycles. The molecule has 0 heterocycles. The summed E-state index contributed by atoms with van der Waals surface area (Å²) >= 11 is 0. The van der Waals surface area contributed by atoms with Crippen molar-refractivity contribution in [1.82, 2.24) is 5.32 Å². The number of carbonyl (C=O) groups excluding carboxylic acids is 2. The van der Waals surface area contributed by atoms with Crippen LogP contribution in [0.5, 0.6) is 0 Å². The molecule has 0 aliphatic heterocycles. The van der Waals surface area contributed by atoms with Crippen LogP contribution in [0.15, 0.2) is 0 Å². The molecule has 3 heteroatoms. The summed E-state index contributed by atoms with van der Waals surface area (Å²) < 4.78 is 0. The van der Waals surface area contributed by atoms with Gasteiger partial charge in [-0.3, -0.25) is 9.59 Å². The molecule has 0 fully saturated rings. The lowest BCUT2D eigenvalue weighted by molar-refractivity contribution is -0.128. The van der Waals surface area contributed by atoms with Crippen molar-refractivity contribution in [3.8, 4) is 0 Å². The van der Waals surface area contributed by atoms with E-state index in [1.54, 1.807) is 0 Å². The molecule has 0 unspecified atom stereocenters. The fourth-order valence-corrected chi connectivity index (χ4v) is 1.43. The second kappa shape index (κ2) is 6.18. The van der Waals surface area contributed by atoms with Gasteiger partial charge in [-0.1, -0.05) is 41.5 Å². The smallest absolute Gasteiger partial charge is 0.225 e. The molecule has 3 nitrogen and oxygen atoms in total. The third-order valence-electron chi connectivity index (χ3n) is 2.33. The monoisotopic (exact) mass is 241 g/mol. The lowest BCUT2D eigenvalue weighted by atomic mass is 9.89. The van der Waals surface area contributed by atoms with Crippen molar-refractivity contribution in [3.63, 3.8) is 0 Å². The van der Waals surface area contributed by atoms with E-state index in [0.29, 0.717) is 19.4 Å². The van der Waals surface area contributed by atoms with E-state index in [4.69, 9.17) is 0 Å². The number of hydrogen-bond donors (Lipinski definition) is 1. The van der Waals surface area contributed by atoms with Crippen LogP contribution in [0, 0.1) is 10.8 Å². The minimum atomic E-state index is -0.352. The van der Waals surface area contributed by atoms with Crippen LogP contribution >= 0.6 is 0 Å². The van der Waals surface area contributed by atoms with Gasteiger partial charge in [-0.05, 0) is 11.8 Å². The number of carbonyl (C=O) groups is 2. The topological polar surface area (TPSA) is 46.2 Å². The van der Waals surface area contributed by atoms with Crippen molar-refractivity contribution in [2.24, 2.45) is 10.8 Å². The van der Waals surface area contributed by atoms with Gasteiger partial charge < -0.3 is 5.32 Å². The van der Waals surface area contributed by atoms with Crippen molar-refractivity contribution in [2.45, 2.75) is 60.8 Å². The Balaban J connectivity index is 3.73. The Morgan fingerprint density at radius 2 is 1.53 bits per heavy atom. The van der Waals surface area contributed by atoms with Crippen LogP contribution in [0.25, 0.3) is 0 Å². The van der Waals surface area contributed by atoms with Gasteiger partial charge in [0.05, 0.1) is 0 Å². The summed E-state index contributed by atoms with van der Waals surface area (Å²) in [6.45, 7) is 12.4. The van der Waals surface area contributed by atoms with E-state index in [2.05, 4.69) is 26.1 Å². The quantitative estimate of drug-likeness (QED) is 0.752. The minimum Gasteiger partial charge on any atom is -0.356 e. The summed E-state index contributed by atoms with van der Waals surface area (Å²) in [5.74, 6) is 0.322. The van der Waals surface area contributed by atoms with Crippen LogP contribution in [0.2, 0.25) is 0 Å². The largest absolute Gasteiger partial charge is 0.356 e. The Bertz CT molecular complexity index is 269. The third-order valence-corrected chi connectivity index (χ3v) is 2.33. The first-order chi connectivity index (χ1) is 7.52. The van der Waals surface area contributed by atoms with E-state index in [9.17, 15) is 9.59 Å². The zero-order chi connectivity index (χ0) is 13.7. The summed E-state index contributed by atoms with van der Waals surface area (Å²) in [5, 5.41) is 2.85. The summed E-state index contributed by atoms with van der Waals surface area (Å²) in [7, 11) is 0. The van der Waals surface area contributed by atoms with Crippen molar-refractivity contribution < 1.29 is 9.59 Å². The van der Waals surface area contributed by atoms with Gasteiger partial charge in [-0.2, -0.15) is 0 Å². The molecule has 0 spiro atoms. The second-order valence-corrected chi connectivity index (χ2v) is 6.89. The van der Waals surface area contributed by atoms with Crippen LogP contribution in [0.1, 0.15) is 60.8 Å². The highest BCUT2D eigenvalue weighted by molar-refractivity contribution is 5.81. The van der Waals surface area contributed by atoms with Crippen LogP contribution < -0.4 is 5.32 Å². The van der Waals surface area contributed by atoms with Crippen molar-refractivity contribution >= 4 is 11.7 Å². The first kappa shape index (κ1) is 16.1. The summed E-state index contributed by atoms with van der Waals surface area (Å²) in [6, 6.07) is 0. The number of nitrogens with one attached hydrogen (secondary N) is 1. The fraction of sp³-hybridized carbons (Fsp3) is 0.857. The highest BCUT2D eigenvalue weighted by Gasteiger charge is 2.20. The number of Topliss-reactive ketones (excluding diaryl/α,β-unsaturated/α-hetero) is 1. The number of rotatable bonds is 5. The van der Waals surface area contributed by atoms with E-state index in [-0.39, 0.29) is 22.5 Å². The second-order valence-electron chi connectivity index (χ2n) is 6.89. The molecular weight excluding hydrogens is 214 g/mol. The zero-order valence-corrected chi connectivity index (χ0v) is 12.1. The Morgan fingerprint density at radius 3 is 1.94 bits per heavy atom. The molecule has 17 heavy (non-hydrogen) atoms. The molecule has 0 aliphatic rings. The van der Waals surface area contributed by atoms with Crippen LogP contribution in [0.4, 0.5) is 0 Å². The number of hydrogen-bond acceptors (Lipinski definition) is 2. The van der Waals surface area contributed by atoms with Crippen LogP contribution in [-0.4, -0.2) is 18.2 Å². The van der Waals surface area contributed by atoms with E-state index >= 15 is 0 Å². The average Bonchev–Trinajstić information content (AvgIpc) is 2.07. The van der Waals surface area contributed by atoms with Gasteiger partial charge in [0, 0.05) is 24.8 Å². The van der Waals surface area contributed by atoms with E-state index in [1.807, 2.05) is 20.8 Å². The molecule has 0 rings (SSSR count). The molecule has 0 bridgehead atoms. The maximum absolute atomic E-state index is 11.6. The molecule has 0 aromatic heterocycles. The molecule has 0 saturated carbocycles. The molecule has 0 aliphatic carbocycles. The lowest BCUT2D eigenvalue weighted by Crippen LogP contribution is -2.35. The van der Waals surface area contributed by atoms with Crippen molar-refractivity contribution in [2.75, 3.05) is 6.54 Å². The Labute approximate surface area is 105 Å². The third kappa shape index (κ3) is 8.90. The standard InChI is InChI=1S/C14H27NO2/c1-13(2,3)10-11(16)8-7-9-15-12(17)14(4,5)6/h7-10H2,1-6H3,(H,15,17). The SMILES string of the molecule is CC(C)(C)CC(=O)CCCNC(=O)C(C)(C)C. The highest BCUT2D eigenvalue weighted by atomic mass is 16.2. The van der Waals surface area contributed by atoms with E-state index in [0.717, 1.165) is 6.42 Å². The average molecular weight is 241 g/mol. The predicted molar refractivity (Wildman–Crippen MR) is 70.8 cm³/mol. The Hall–Kier alpha value is -0.860.